The lowest BCUT2D eigenvalue weighted by Crippen LogP contribution is -2.32. The first-order valence-electron chi connectivity index (χ1n) is 5.72. The van der Waals surface area contributed by atoms with Crippen molar-refractivity contribution < 1.29 is 14.5 Å². The summed E-state index contributed by atoms with van der Waals surface area (Å²) >= 11 is 5.62. The summed E-state index contributed by atoms with van der Waals surface area (Å²) < 4.78 is 4.93. The minimum atomic E-state index is -0.552. The van der Waals surface area contributed by atoms with Gasteiger partial charge in [-0.15, -0.1) is 11.6 Å². The van der Waals surface area contributed by atoms with E-state index in [1.807, 2.05) is 6.92 Å². The van der Waals surface area contributed by atoms with E-state index >= 15 is 0 Å². The van der Waals surface area contributed by atoms with Gasteiger partial charge < -0.3 is 9.64 Å². The number of hydrogen-bond acceptors (Lipinski definition) is 4. The molecule has 0 heterocycles. The van der Waals surface area contributed by atoms with Crippen LogP contribution < -0.4 is 4.74 Å². The Bertz CT molecular complexity index is 479. The van der Waals surface area contributed by atoms with Crippen LogP contribution in [0.3, 0.4) is 0 Å². The standard InChI is InChI=1S/C12H15ClN2O4/c1-3-14(7-6-13)12(16)9-4-5-10(15(17)18)11(8-9)19-2/h4-5,8H,3,6-7H2,1-2H3. The number of ether oxygens (including phenoxy) is 1. The predicted octanol–water partition coefficient (Wildman–Crippen LogP) is 2.30. The monoisotopic (exact) mass is 286 g/mol. The average Bonchev–Trinajstić information content (AvgIpc) is 2.43. The molecule has 0 saturated heterocycles. The highest BCUT2D eigenvalue weighted by Crippen LogP contribution is 2.27. The summed E-state index contributed by atoms with van der Waals surface area (Å²) in [6.07, 6.45) is 0. The van der Waals surface area contributed by atoms with Crippen LogP contribution in [-0.4, -0.2) is 41.8 Å². The van der Waals surface area contributed by atoms with Crippen molar-refractivity contribution in [3.8, 4) is 5.75 Å². The number of nitro benzene ring substituents is 1. The van der Waals surface area contributed by atoms with Crippen LogP contribution in [0.15, 0.2) is 18.2 Å². The van der Waals surface area contributed by atoms with Gasteiger partial charge in [0.05, 0.1) is 12.0 Å². The summed E-state index contributed by atoms with van der Waals surface area (Å²) in [5, 5.41) is 10.8. The Balaban J connectivity index is 3.08. The molecule has 0 aliphatic heterocycles. The Morgan fingerprint density at radius 3 is 2.68 bits per heavy atom. The van der Waals surface area contributed by atoms with Crippen molar-refractivity contribution in [2.75, 3.05) is 26.1 Å². The van der Waals surface area contributed by atoms with E-state index in [2.05, 4.69) is 0 Å². The lowest BCUT2D eigenvalue weighted by atomic mass is 10.1. The van der Waals surface area contributed by atoms with Gasteiger partial charge in [-0.2, -0.15) is 0 Å². The molecule has 0 atom stereocenters. The zero-order chi connectivity index (χ0) is 14.4. The van der Waals surface area contributed by atoms with Gasteiger partial charge in [0, 0.05) is 36.7 Å². The number of rotatable bonds is 6. The molecular formula is C12H15ClN2O4. The summed E-state index contributed by atoms with van der Waals surface area (Å²) in [5.41, 5.74) is 0.175. The van der Waals surface area contributed by atoms with Crippen LogP contribution in [0.5, 0.6) is 5.75 Å². The molecule has 0 N–H and O–H groups in total. The summed E-state index contributed by atoms with van der Waals surface area (Å²) in [6.45, 7) is 2.79. The molecule has 6 nitrogen and oxygen atoms in total. The third-order valence-corrected chi connectivity index (χ3v) is 2.82. The highest BCUT2D eigenvalue weighted by Gasteiger charge is 2.19. The summed E-state index contributed by atoms with van der Waals surface area (Å²) in [5.74, 6) is 0.179. The van der Waals surface area contributed by atoms with Crippen LogP contribution in [-0.2, 0) is 0 Å². The Morgan fingerprint density at radius 1 is 1.53 bits per heavy atom. The number of benzene rings is 1. The van der Waals surface area contributed by atoms with Crippen molar-refractivity contribution >= 4 is 23.2 Å². The lowest BCUT2D eigenvalue weighted by molar-refractivity contribution is -0.385. The third-order valence-electron chi connectivity index (χ3n) is 2.65. The molecule has 1 aromatic carbocycles. The van der Waals surface area contributed by atoms with E-state index in [1.54, 1.807) is 4.90 Å². The van der Waals surface area contributed by atoms with Gasteiger partial charge in [0.2, 0.25) is 0 Å². The molecule has 1 aromatic rings. The predicted molar refractivity (Wildman–Crippen MR) is 71.9 cm³/mol. The first-order chi connectivity index (χ1) is 9.04. The highest BCUT2D eigenvalue weighted by molar-refractivity contribution is 6.18. The van der Waals surface area contributed by atoms with E-state index in [1.165, 1.54) is 25.3 Å². The zero-order valence-electron chi connectivity index (χ0n) is 10.8. The van der Waals surface area contributed by atoms with E-state index in [-0.39, 0.29) is 17.3 Å². The molecule has 19 heavy (non-hydrogen) atoms. The summed E-state index contributed by atoms with van der Waals surface area (Å²) in [4.78, 5) is 23.9. The van der Waals surface area contributed by atoms with Gasteiger partial charge in [-0.25, -0.2) is 0 Å². The van der Waals surface area contributed by atoms with Crippen molar-refractivity contribution in [3.63, 3.8) is 0 Å². The average molecular weight is 287 g/mol. The molecule has 0 spiro atoms. The molecule has 0 aromatic heterocycles. The second-order valence-electron chi connectivity index (χ2n) is 3.72. The van der Waals surface area contributed by atoms with Crippen LogP contribution in [0, 0.1) is 10.1 Å². The molecule has 0 radical (unpaired) electrons. The van der Waals surface area contributed by atoms with Crippen molar-refractivity contribution in [2.24, 2.45) is 0 Å². The van der Waals surface area contributed by atoms with Gasteiger partial charge in [-0.1, -0.05) is 0 Å². The fourth-order valence-electron chi connectivity index (χ4n) is 1.65. The van der Waals surface area contributed by atoms with E-state index in [9.17, 15) is 14.9 Å². The Hall–Kier alpha value is -1.82. The fraction of sp³-hybridized carbons (Fsp3) is 0.417. The maximum absolute atomic E-state index is 12.2. The van der Waals surface area contributed by atoms with Crippen LogP contribution in [0.2, 0.25) is 0 Å². The molecule has 1 amide bonds. The van der Waals surface area contributed by atoms with Crippen molar-refractivity contribution in [1.29, 1.82) is 0 Å². The number of hydrogen-bond donors (Lipinski definition) is 0. The van der Waals surface area contributed by atoms with Gasteiger partial charge in [0.1, 0.15) is 0 Å². The molecular weight excluding hydrogens is 272 g/mol. The maximum atomic E-state index is 12.2. The third kappa shape index (κ3) is 3.57. The first-order valence-corrected chi connectivity index (χ1v) is 6.26. The number of carbonyl (C=O) groups excluding carboxylic acids is 1. The maximum Gasteiger partial charge on any atom is 0.310 e. The number of alkyl halides is 1. The quantitative estimate of drug-likeness (QED) is 0.457. The number of halogens is 1. The minimum Gasteiger partial charge on any atom is -0.490 e. The second-order valence-corrected chi connectivity index (χ2v) is 4.10. The van der Waals surface area contributed by atoms with Gasteiger partial charge in [0.15, 0.2) is 5.75 Å². The molecule has 1 rings (SSSR count). The van der Waals surface area contributed by atoms with Gasteiger partial charge in [-0.05, 0) is 13.0 Å². The van der Waals surface area contributed by atoms with E-state index < -0.39 is 4.92 Å². The van der Waals surface area contributed by atoms with Crippen LogP contribution in [0.4, 0.5) is 5.69 Å². The SMILES string of the molecule is CCN(CCCl)C(=O)c1ccc([N+](=O)[O-])c(OC)c1. The number of nitrogens with zero attached hydrogens (tertiary/aromatic N) is 2. The smallest absolute Gasteiger partial charge is 0.310 e. The molecule has 0 fully saturated rings. The summed E-state index contributed by atoms with van der Waals surface area (Å²) in [7, 11) is 1.33. The minimum absolute atomic E-state index is 0.0674. The van der Waals surface area contributed by atoms with Crippen LogP contribution in [0.25, 0.3) is 0 Å². The molecule has 0 aliphatic rings. The van der Waals surface area contributed by atoms with Crippen molar-refractivity contribution in [1.82, 2.24) is 4.90 Å². The number of nitro groups is 1. The largest absolute Gasteiger partial charge is 0.490 e. The molecule has 7 heteroatoms. The Kier molecular flexibility index (Phi) is 5.57. The van der Waals surface area contributed by atoms with Gasteiger partial charge in [0.25, 0.3) is 5.91 Å². The fourth-order valence-corrected chi connectivity index (χ4v) is 1.85. The molecule has 0 bridgehead atoms. The van der Waals surface area contributed by atoms with Crippen LogP contribution in [0.1, 0.15) is 17.3 Å². The second kappa shape index (κ2) is 6.94. The molecule has 0 unspecified atom stereocenters. The normalized spacial score (nSPS) is 10.1. The zero-order valence-corrected chi connectivity index (χ0v) is 11.5. The van der Waals surface area contributed by atoms with Crippen molar-refractivity contribution in [2.45, 2.75) is 6.92 Å². The number of methoxy groups -OCH3 is 1. The van der Waals surface area contributed by atoms with Crippen molar-refractivity contribution in [3.05, 3.63) is 33.9 Å². The molecule has 0 saturated carbocycles. The van der Waals surface area contributed by atoms with Gasteiger partial charge in [-0.3, -0.25) is 14.9 Å². The summed E-state index contributed by atoms with van der Waals surface area (Å²) in [6, 6.07) is 4.05. The lowest BCUT2D eigenvalue weighted by Gasteiger charge is -2.19. The van der Waals surface area contributed by atoms with E-state index in [0.717, 1.165) is 0 Å². The van der Waals surface area contributed by atoms with Gasteiger partial charge >= 0.3 is 5.69 Å². The number of amides is 1. The first kappa shape index (κ1) is 15.2. The topological polar surface area (TPSA) is 72.7 Å². The van der Waals surface area contributed by atoms with E-state index in [0.29, 0.717) is 24.5 Å². The molecule has 104 valence electrons. The molecule has 0 aliphatic carbocycles. The Labute approximate surface area is 116 Å². The van der Waals surface area contributed by atoms with E-state index in [4.69, 9.17) is 16.3 Å². The van der Waals surface area contributed by atoms with Crippen LogP contribution >= 0.6 is 11.6 Å². The number of carbonyl (C=O) groups is 1. The Morgan fingerprint density at radius 2 is 2.21 bits per heavy atom. The highest BCUT2D eigenvalue weighted by atomic mass is 35.5.